The van der Waals surface area contributed by atoms with Crippen molar-refractivity contribution < 1.29 is 19.4 Å². The molecule has 1 saturated heterocycles. The smallest absolute Gasteiger partial charge is 0.330 e. The summed E-state index contributed by atoms with van der Waals surface area (Å²) < 4.78 is 4.85. The summed E-state index contributed by atoms with van der Waals surface area (Å²) in [6.07, 6.45) is -0.925. The second kappa shape index (κ2) is 4.35. The van der Waals surface area contributed by atoms with Gasteiger partial charge in [0, 0.05) is 17.8 Å². The van der Waals surface area contributed by atoms with Gasteiger partial charge in [-0.05, 0) is 18.2 Å². The summed E-state index contributed by atoms with van der Waals surface area (Å²) in [6, 6.07) is 5.49. The standard InChI is InChI=1S/C11H10ClNO4/c1-17-9-8(11(15)16)13(10(9)14)7-4-2-3-6(12)5-7/h2-5,8-9H,1H3,(H,15,16)/t8-,9-/m0/s1. The maximum atomic E-state index is 11.7. The number of rotatable bonds is 3. The number of hydrogen-bond acceptors (Lipinski definition) is 3. The third kappa shape index (κ3) is 1.87. The molecule has 5 nitrogen and oxygen atoms in total. The van der Waals surface area contributed by atoms with E-state index in [1.54, 1.807) is 24.3 Å². The molecule has 1 aromatic carbocycles. The maximum absolute atomic E-state index is 11.7. The van der Waals surface area contributed by atoms with Gasteiger partial charge in [0.2, 0.25) is 0 Å². The predicted octanol–water partition coefficient (Wildman–Crippen LogP) is 1.15. The molecule has 90 valence electrons. The van der Waals surface area contributed by atoms with Crippen LogP contribution < -0.4 is 4.90 Å². The largest absolute Gasteiger partial charge is 0.480 e. The van der Waals surface area contributed by atoms with Crippen molar-refractivity contribution in [1.82, 2.24) is 0 Å². The van der Waals surface area contributed by atoms with Crippen molar-refractivity contribution in [1.29, 1.82) is 0 Å². The van der Waals surface area contributed by atoms with Gasteiger partial charge in [0.25, 0.3) is 5.91 Å². The first-order chi connectivity index (χ1) is 8.06. The highest BCUT2D eigenvalue weighted by molar-refractivity contribution is 6.31. The quantitative estimate of drug-likeness (QED) is 0.823. The normalized spacial score (nSPS) is 23.4. The van der Waals surface area contributed by atoms with E-state index < -0.39 is 18.1 Å². The Balaban J connectivity index is 2.32. The molecule has 17 heavy (non-hydrogen) atoms. The molecule has 1 fully saturated rings. The Morgan fingerprint density at radius 2 is 2.24 bits per heavy atom. The minimum atomic E-state index is -1.10. The van der Waals surface area contributed by atoms with Crippen LogP contribution in [0.1, 0.15) is 0 Å². The van der Waals surface area contributed by atoms with Gasteiger partial charge in [-0.1, -0.05) is 17.7 Å². The third-order valence-electron chi connectivity index (χ3n) is 2.64. The van der Waals surface area contributed by atoms with Crippen molar-refractivity contribution >= 4 is 29.2 Å². The van der Waals surface area contributed by atoms with E-state index in [0.29, 0.717) is 10.7 Å². The first kappa shape index (κ1) is 11.9. The zero-order valence-electron chi connectivity index (χ0n) is 8.96. The molecule has 0 radical (unpaired) electrons. The van der Waals surface area contributed by atoms with Gasteiger partial charge in [0.1, 0.15) is 0 Å². The lowest BCUT2D eigenvalue weighted by molar-refractivity contribution is -0.155. The van der Waals surface area contributed by atoms with Gasteiger partial charge in [0.15, 0.2) is 12.1 Å². The molecule has 6 heteroatoms. The summed E-state index contributed by atoms with van der Waals surface area (Å²) in [7, 11) is 1.31. The second-order valence-electron chi connectivity index (χ2n) is 3.63. The van der Waals surface area contributed by atoms with Gasteiger partial charge >= 0.3 is 5.97 Å². The van der Waals surface area contributed by atoms with Crippen LogP contribution in [0.15, 0.2) is 24.3 Å². The fraction of sp³-hybridized carbons (Fsp3) is 0.273. The number of carboxylic acids is 1. The number of ether oxygens (including phenoxy) is 1. The summed E-state index contributed by atoms with van der Waals surface area (Å²) >= 11 is 5.80. The van der Waals surface area contributed by atoms with Crippen LogP contribution in [0.4, 0.5) is 5.69 Å². The number of aliphatic carboxylic acids is 1. The predicted molar refractivity (Wildman–Crippen MR) is 61.2 cm³/mol. The average molecular weight is 256 g/mol. The lowest BCUT2D eigenvalue weighted by Gasteiger charge is -2.43. The van der Waals surface area contributed by atoms with Crippen molar-refractivity contribution in [2.75, 3.05) is 12.0 Å². The fourth-order valence-corrected chi connectivity index (χ4v) is 2.03. The molecule has 1 N–H and O–H groups in total. The highest BCUT2D eigenvalue weighted by Gasteiger charge is 2.53. The molecule has 0 aromatic heterocycles. The molecular weight excluding hydrogens is 246 g/mol. The molecule has 0 saturated carbocycles. The number of methoxy groups -OCH3 is 1. The highest BCUT2D eigenvalue weighted by Crippen LogP contribution is 2.31. The van der Waals surface area contributed by atoms with E-state index in [2.05, 4.69) is 0 Å². The van der Waals surface area contributed by atoms with E-state index >= 15 is 0 Å². The van der Waals surface area contributed by atoms with E-state index in [9.17, 15) is 9.59 Å². The minimum absolute atomic E-state index is 0.373. The number of carbonyl (C=O) groups is 2. The molecule has 0 unspecified atom stereocenters. The number of anilines is 1. The van der Waals surface area contributed by atoms with E-state index in [4.69, 9.17) is 21.4 Å². The number of carbonyl (C=O) groups excluding carboxylic acids is 1. The van der Waals surface area contributed by atoms with Crippen LogP contribution in [-0.4, -0.2) is 36.2 Å². The van der Waals surface area contributed by atoms with E-state index in [1.807, 2.05) is 0 Å². The SMILES string of the molecule is CO[C@@H]1C(=O)N(c2cccc(Cl)c2)[C@@H]1C(=O)O. The molecule has 1 aromatic rings. The van der Waals surface area contributed by atoms with E-state index in [0.717, 1.165) is 0 Å². The number of β-lactam (4-membered cyclic amide) rings is 1. The highest BCUT2D eigenvalue weighted by atomic mass is 35.5. The van der Waals surface area contributed by atoms with Gasteiger partial charge in [0.05, 0.1) is 0 Å². The van der Waals surface area contributed by atoms with Crippen molar-refractivity contribution in [2.45, 2.75) is 12.1 Å². The van der Waals surface area contributed by atoms with Crippen LogP contribution in [0, 0.1) is 0 Å². The Kier molecular flexibility index (Phi) is 3.04. The maximum Gasteiger partial charge on any atom is 0.330 e. The number of benzene rings is 1. The summed E-state index contributed by atoms with van der Waals surface area (Å²) in [4.78, 5) is 23.9. The number of nitrogens with zero attached hydrogens (tertiary/aromatic N) is 1. The molecule has 2 atom stereocenters. The van der Waals surface area contributed by atoms with Crippen molar-refractivity contribution in [3.8, 4) is 0 Å². The van der Waals surface area contributed by atoms with E-state index in [-0.39, 0.29) is 5.91 Å². The molecule has 1 aliphatic heterocycles. The second-order valence-corrected chi connectivity index (χ2v) is 4.06. The molecule has 1 aliphatic rings. The monoisotopic (exact) mass is 255 g/mol. The summed E-state index contributed by atoms with van der Waals surface area (Å²) in [5, 5.41) is 9.49. The molecule has 1 amide bonds. The summed E-state index contributed by atoms with van der Waals surface area (Å²) in [6.45, 7) is 0. The molecule has 0 spiro atoms. The summed E-state index contributed by atoms with van der Waals surface area (Å²) in [5.41, 5.74) is 0.461. The van der Waals surface area contributed by atoms with Gasteiger partial charge in [-0.15, -0.1) is 0 Å². The number of halogens is 1. The molecular formula is C11H10ClNO4. The van der Waals surface area contributed by atoms with Gasteiger partial charge in [-0.3, -0.25) is 9.69 Å². The number of carboxylic acid groups (broad SMARTS) is 1. The van der Waals surface area contributed by atoms with Gasteiger partial charge in [-0.25, -0.2) is 4.79 Å². The zero-order chi connectivity index (χ0) is 12.6. The van der Waals surface area contributed by atoms with Gasteiger partial charge < -0.3 is 9.84 Å². The first-order valence-corrected chi connectivity index (χ1v) is 5.28. The van der Waals surface area contributed by atoms with Crippen LogP contribution in [0.3, 0.4) is 0 Å². The number of amides is 1. The van der Waals surface area contributed by atoms with Crippen LogP contribution in [0.2, 0.25) is 5.02 Å². The molecule has 1 heterocycles. The Hall–Kier alpha value is -1.59. The Bertz CT molecular complexity index is 476. The Labute approximate surface area is 103 Å². The number of hydrogen-bond donors (Lipinski definition) is 1. The Morgan fingerprint density at radius 1 is 1.53 bits per heavy atom. The molecule has 0 bridgehead atoms. The fourth-order valence-electron chi connectivity index (χ4n) is 1.85. The molecule has 0 aliphatic carbocycles. The van der Waals surface area contributed by atoms with Crippen molar-refractivity contribution in [3.63, 3.8) is 0 Å². The molecule has 2 rings (SSSR count). The zero-order valence-corrected chi connectivity index (χ0v) is 9.72. The minimum Gasteiger partial charge on any atom is -0.480 e. The van der Waals surface area contributed by atoms with Crippen LogP contribution in [-0.2, 0) is 14.3 Å². The lowest BCUT2D eigenvalue weighted by Crippen LogP contribution is -2.69. The van der Waals surface area contributed by atoms with Crippen LogP contribution >= 0.6 is 11.6 Å². The van der Waals surface area contributed by atoms with Crippen LogP contribution in [0.5, 0.6) is 0 Å². The Morgan fingerprint density at radius 3 is 2.76 bits per heavy atom. The summed E-state index contributed by atoms with van der Waals surface area (Å²) in [5.74, 6) is -1.47. The first-order valence-electron chi connectivity index (χ1n) is 4.90. The van der Waals surface area contributed by atoms with Crippen molar-refractivity contribution in [3.05, 3.63) is 29.3 Å². The topological polar surface area (TPSA) is 66.8 Å². The van der Waals surface area contributed by atoms with Crippen molar-refractivity contribution in [2.24, 2.45) is 0 Å². The van der Waals surface area contributed by atoms with Gasteiger partial charge in [-0.2, -0.15) is 0 Å². The lowest BCUT2D eigenvalue weighted by atomic mass is 9.97. The average Bonchev–Trinajstić information content (AvgIpc) is 2.26. The third-order valence-corrected chi connectivity index (χ3v) is 2.87. The van der Waals surface area contributed by atoms with Crippen LogP contribution in [0.25, 0.3) is 0 Å². The van der Waals surface area contributed by atoms with E-state index in [1.165, 1.54) is 12.0 Å².